The van der Waals surface area contributed by atoms with Crippen molar-refractivity contribution in [2.75, 3.05) is 0 Å². The molecule has 0 radical (unpaired) electrons. The number of nitrogens with zero attached hydrogens (tertiary/aromatic N) is 1. The first kappa shape index (κ1) is 13.9. The van der Waals surface area contributed by atoms with Crippen LogP contribution in [-0.2, 0) is 4.43 Å². The summed E-state index contributed by atoms with van der Waals surface area (Å²) in [6.07, 6.45) is 0. The van der Waals surface area contributed by atoms with E-state index in [0.29, 0.717) is 15.7 Å². The van der Waals surface area contributed by atoms with E-state index in [4.69, 9.17) is 0 Å². The molecule has 0 spiro atoms. The van der Waals surface area contributed by atoms with E-state index in [2.05, 4.69) is 27.3 Å². The second kappa shape index (κ2) is 5.64. The van der Waals surface area contributed by atoms with Crippen LogP contribution >= 0.6 is 22.6 Å². The zero-order valence-electron chi connectivity index (χ0n) is 9.55. The van der Waals surface area contributed by atoms with Crippen LogP contribution in [-0.4, -0.2) is 21.4 Å². The Bertz CT molecular complexity index is 569. The SMILES string of the molecule is Oc1cc(CI)c(O)n1-c1ccc(OC(F)F)cc1. The molecule has 2 aromatic rings. The second-order valence-electron chi connectivity index (χ2n) is 3.69. The van der Waals surface area contributed by atoms with Crippen molar-refractivity contribution in [1.82, 2.24) is 4.57 Å². The van der Waals surface area contributed by atoms with E-state index in [1.807, 2.05) is 0 Å². The lowest BCUT2D eigenvalue weighted by atomic mass is 10.3. The van der Waals surface area contributed by atoms with E-state index in [9.17, 15) is 19.0 Å². The predicted molar refractivity (Wildman–Crippen MR) is 73.5 cm³/mol. The number of hydrogen-bond acceptors (Lipinski definition) is 3. The molecule has 0 bridgehead atoms. The normalized spacial score (nSPS) is 10.9. The highest BCUT2D eigenvalue weighted by atomic mass is 127. The smallest absolute Gasteiger partial charge is 0.387 e. The van der Waals surface area contributed by atoms with Gasteiger partial charge in [-0.1, -0.05) is 22.6 Å². The molecule has 0 saturated heterocycles. The van der Waals surface area contributed by atoms with Crippen molar-refractivity contribution in [3.05, 3.63) is 35.9 Å². The lowest BCUT2D eigenvalue weighted by molar-refractivity contribution is -0.0498. The van der Waals surface area contributed by atoms with Crippen LogP contribution in [0.3, 0.4) is 0 Å². The minimum atomic E-state index is -2.88. The van der Waals surface area contributed by atoms with Gasteiger partial charge in [0.15, 0.2) is 5.88 Å². The topological polar surface area (TPSA) is 54.6 Å². The maximum Gasteiger partial charge on any atom is 0.387 e. The summed E-state index contributed by atoms with van der Waals surface area (Å²) in [5.41, 5.74) is 1.04. The van der Waals surface area contributed by atoms with E-state index in [0.717, 1.165) is 0 Å². The van der Waals surface area contributed by atoms with E-state index < -0.39 is 6.61 Å². The summed E-state index contributed by atoms with van der Waals surface area (Å²) >= 11 is 2.06. The Hall–Kier alpha value is -1.51. The van der Waals surface area contributed by atoms with Gasteiger partial charge in [-0.25, -0.2) is 0 Å². The van der Waals surface area contributed by atoms with Crippen LogP contribution in [0.4, 0.5) is 8.78 Å². The molecule has 0 unspecified atom stereocenters. The van der Waals surface area contributed by atoms with Gasteiger partial charge in [-0.15, -0.1) is 0 Å². The number of ether oxygens (including phenoxy) is 1. The van der Waals surface area contributed by atoms with Crippen molar-refractivity contribution in [3.8, 4) is 23.2 Å². The molecule has 7 heteroatoms. The van der Waals surface area contributed by atoms with Crippen molar-refractivity contribution in [2.24, 2.45) is 0 Å². The number of halogens is 3. The Morgan fingerprint density at radius 2 is 1.84 bits per heavy atom. The summed E-state index contributed by atoms with van der Waals surface area (Å²) in [7, 11) is 0. The van der Waals surface area contributed by atoms with Gasteiger partial charge in [0.05, 0.1) is 5.69 Å². The largest absolute Gasteiger partial charge is 0.494 e. The van der Waals surface area contributed by atoms with E-state index in [1.165, 1.54) is 34.9 Å². The molecule has 0 atom stereocenters. The second-order valence-corrected chi connectivity index (χ2v) is 4.46. The summed E-state index contributed by atoms with van der Waals surface area (Å²) in [5, 5.41) is 19.7. The fourth-order valence-electron chi connectivity index (χ4n) is 1.67. The van der Waals surface area contributed by atoms with Crippen molar-refractivity contribution in [3.63, 3.8) is 0 Å². The molecular weight excluding hydrogens is 371 g/mol. The minimum absolute atomic E-state index is 0.0130. The van der Waals surface area contributed by atoms with E-state index in [-0.39, 0.29) is 17.5 Å². The van der Waals surface area contributed by atoms with Crippen LogP contribution in [0.25, 0.3) is 5.69 Å². The summed E-state index contributed by atoms with van der Waals surface area (Å²) in [6.45, 7) is -2.88. The molecule has 1 heterocycles. The van der Waals surface area contributed by atoms with Gasteiger partial charge in [0.2, 0.25) is 5.88 Å². The third-order valence-corrected chi connectivity index (χ3v) is 3.32. The molecule has 0 saturated carbocycles. The number of rotatable bonds is 4. The molecule has 0 aliphatic heterocycles. The number of alkyl halides is 3. The van der Waals surface area contributed by atoms with Crippen LogP contribution in [0.5, 0.6) is 17.5 Å². The Balaban J connectivity index is 2.34. The zero-order chi connectivity index (χ0) is 14.0. The van der Waals surface area contributed by atoms with Gasteiger partial charge in [-0.2, -0.15) is 8.78 Å². The average Bonchev–Trinajstić information content (AvgIpc) is 2.65. The molecule has 1 aromatic heterocycles. The molecule has 2 N–H and O–H groups in total. The summed E-state index contributed by atoms with van der Waals surface area (Å²) < 4.78 is 30.0. The summed E-state index contributed by atoms with van der Waals surface area (Å²) in [6, 6.07) is 7.06. The molecule has 4 nitrogen and oxygen atoms in total. The molecule has 2 rings (SSSR count). The van der Waals surface area contributed by atoms with Gasteiger partial charge >= 0.3 is 6.61 Å². The van der Waals surface area contributed by atoms with Gasteiger partial charge in [0, 0.05) is 16.1 Å². The predicted octanol–water partition coefficient (Wildman–Crippen LogP) is 3.42. The number of aromatic nitrogens is 1. The highest BCUT2D eigenvalue weighted by molar-refractivity contribution is 14.1. The highest BCUT2D eigenvalue weighted by Gasteiger charge is 2.14. The van der Waals surface area contributed by atoms with Crippen LogP contribution < -0.4 is 4.74 Å². The number of hydrogen-bond donors (Lipinski definition) is 2. The lowest BCUT2D eigenvalue weighted by Crippen LogP contribution is -2.02. The average molecular weight is 381 g/mol. The maximum absolute atomic E-state index is 12.0. The first-order valence-corrected chi connectivity index (χ1v) is 6.79. The summed E-state index contributed by atoms with van der Waals surface area (Å²) in [5.74, 6) is -0.180. The minimum Gasteiger partial charge on any atom is -0.494 e. The summed E-state index contributed by atoms with van der Waals surface area (Å²) in [4.78, 5) is 0. The van der Waals surface area contributed by atoms with E-state index >= 15 is 0 Å². The molecule has 0 aliphatic carbocycles. The van der Waals surface area contributed by atoms with Crippen LogP contribution in [0.2, 0.25) is 0 Å². The van der Waals surface area contributed by atoms with Crippen molar-refractivity contribution < 1.29 is 23.7 Å². The van der Waals surface area contributed by atoms with Gasteiger partial charge in [-0.05, 0) is 24.3 Å². The highest BCUT2D eigenvalue weighted by Crippen LogP contribution is 2.33. The standard InChI is InChI=1S/C12H10F2INO3/c13-12(14)19-9-3-1-8(2-4-9)16-10(17)5-7(6-15)11(16)18/h1-5,12,17-18H,6H2. The number of benzene rings is 1. The number of aromatic hydroxyl groups is 2. The molecule has 1 aromatic carbocycles. The molecule has 0 fully saturated rings. The molecule has 102 valence electrons. The fourth-order valence-corrected chi connectivity index (χ4v) is 2.23. The van der Waals surface area contributed by atoms with Crippen LogP contribution in [0.15, 0.2) is 30.3 Å². The Morgan fingerprint density at radius 3 is 2.32 bits per heavy atom. The Labute approximate surface area is 121 Å². The van der Waals surface area contributed by atoms with Gasteiger partial charge in [-0.3, -0.25) is 4.57 Å². The Kier molecular flexibility index (Phi) is 4.13. The fraction of sp³-hybridized carbons (Fsp3) is 0.167. The quantitative estimate of drug-likeness (QED) is 0.631. The Morgan fingerprint density at radius 1 is 1.21 bits per heavy atom. The first-order valence-electron chi connectivity index (χ1n) is 5.26. The van der Waals surface area contributed by atoms with Crippen LogP contribution in [0, 0.1) is 0 Å². The van der Waals surface area contributed by atoms with Crippen molar-refractivity contribution >= 4 is 22.6 Å². The monoisotopic (exact) mass is 381 g/mol. The molecule has 0 amide bonds. The van der Waals surface area contributed by atoms with Crippen LogP contribution in [0.1, 0.15) is 5.56 Å². The van der Waals surface area contributed by atoms with Crippen molar-refractivity contribution in [1.29, 1.82) is 0 Å². The molecule has 0 aliphatic rings. The van der Waals surface area contributed by atoms with Crippen molar-refractivity contribution in [2.45, 2.75) is 11.0 Å². The van der Waals surface area contributed by atoms with E-state index in [1.54, 1.807) is 0 Å². The van der Waals surface area contributed by atoms with Gasteiger partial charge < -0.3 is 14.9 Å². The first-order chi connectivity index (χ1) is 9.02. The van der Waals surface area contributed by atoms with Gasteiger partial charge in [0.25, 0.3) is 0 Å². The van der Waals surface area contributed by atoms with Gasteiger partial charge in [0.1, 0.15) is 5.75 Å². The zero-order valence-corrected chi connectivity index (χ0v) is 11.7. The molecular formula is C12H10F2INO3. The lowest BCUT2D eigenvalue weighted by Gasteiger charge is -2.09. The molecule has 19 heavy (non-hydrogen) atoms. The third-order valence-electron chi connectivity index (χ3n) is 2.50. The maximum atomic E-state index is 12.0. The third kappa shape index (κ3) is 2.91.